The summed E-state index contributed by atoms with van der Waals surface area (Å²) in [5, 5.41) is 12.1. The summed E-state index contributed by atoms with van der Waals surface area (Å²) in [7, 11) is -3.89. The van der Waals surface area contributed by atoms with Gasteiger partial charge in [0.1, 0.15) is 0 Å². The molecule has 3 heterocycles. The van der Waals surface area contributed by atoms with E-state index in [0.29, 0.717) is 6.54 Å². The largest absolute Gasteiger partial charge is 0.364 e. The Balaban J connectivity index is 1.69. The van der Waals surface area contributed by atoms with Gasteiger partial charge in [-0.3, -0.25) is 4.79 Å². The molecule has 5 rings (SSSR count). The molecule has 2 saturated heterocycles. The molecule has 3 aliphatic heterocycles. The van der Waals surface area contributed by atoms with Crippen molar-refractivity contribution < 1.29 is 23.1 Å². The van der Waals surface area contributed by atoms with Crippen LogP contribution in [0.2, 0.25) is 0 Å². The molecule has 0 aromatic heterocycles. The van der Waals surface area contributed by atoms with Crippen molar-refractivity contribution in [2.75, 3.05) is 24.5 Å². The molecule has 1 N–H and O–H groups in total. The highest BCUT2D eigenvalue weighted by molar-refractivity contribution is 7.89. The first-order chi connectivity index (χ1) is 15.8. The van der Waals surface area contributed by atoms with Crippen LogP contribution in [0.5, 0.6) is 0 Å². The monoisotopic (exact) mass is 484 g/mol. The highest BCUT2D eigenvalue weighted by Gasteiger charge is 2.73. The lowest BCUT2D eigenvalue weighted by atomic mass is 9.72. The molecule has 0 amide bonds. The average molecular weight is 485 g/mol. The van der Waals surface area contributed by atoms with E-state index in [4.69, 9.17) is 4.74 Å². The Hall–Kier alpha value is -2.26. The second-order valence-corrected chi connectivity index (χ2v) is 12.8. The van der Waals surface area contributed by atoms with Crippen LogP contribution < -0.4 is 4.90 Å². The molecule has 0 saturated carbocycles. The van der Waals surface area contributed by atoms with Crippen molar-refractivity contribution in [2.45, 2.75) is 62.9 Å². The zero-order valence-electron chi connectivity index (χ0n) is 20.3. The first-order valence-electron chi connectivity index (χ1n) is 11.7. The number of sulfonamides is 1. The van der Waals surface area contributed by atoms with Crippen molar-refractivity contribution in [3.63, 3.8) is 0 Å². The van der Waals surface area contributed by atoms with Crippen molar-refractivity contribution in [1.29, 1.82) is 0 Å². The summed E-state index contributed by atoms with van der Waals surface area (Å²) in [6.07, 6.45) is 0. The van der Waals surface area contributed by atoms with Gasteiger partial charge < -0.3 is 14.7 Å². The SMILES string of the molecule is CC(=O)[C@@]12CN(S(=O)(=O)c3ccc(C)cc3)CCN3c4ccccc4[C@@H]([C@@H]31)[C@@](O)(C(C)(C)C)O2. The second-order valence-electron chi connectivity index (χ2n) is 10.8. The van der Waals surface area contributed by atoms with E-state index >= 15 is 0 Å². The Morgan fingerprint density at radius 2 is 1.74 bits per heavy atom. The van der Waals surface area contributed by atoms with Crippen LogP contribution in [0.15, 0.2) is 53.4 Å². The summed E-state index contributed by atoms with van der Waals surface area (Å²) >= 11 is 0. The van der Waals surface area contributed by atoms with Crippen molar-refractivity contribution in [2.24, 2.45) is 5.41 Å². The van der Waals surface area contributed by atoms with Gasteiger partial charge in [0.15, 0.2) is 17.2 Å². The lowest BCUT2D eigenvalue weighted by Crippen LogP contribution is -2.58. The number of nitrogens with zero attached hydrogens (tertiary/aromatic N) is 2. The number of rotatable bonds is 3. The number of carbonyl (C=O) groups is 1. The number of aliphatic hydroxyl groups is 1. The number of ether oxygens (including phenoxy) is 1. The van der Waals surface area contributed by atoms with Crippen molar-refractivity contribution in [3.8, 4) is 0 Å². The maximum absolute atomic E-state index is 13.7. The molecule has 0 spiro atoms. The van der Waals surface area contributed by atoms with Crippen LogP contribution in [-0.2, 0) is 19.6 Å². The summed E-state index contributed by atoms with van der Waals surface area (Å²) < 4.78 is 35.2. The van der Waals surface area contributed by atoms with Crippen molar-refractivity contribution >= 4 is 21.5 Å². The Morgan fingerprint density at radius 1 is 1.09 bits per heavy atom. The summed E-state index contributed by atoms with van der Waals surface area (Å²) in [5.74, 6) is -2.44. The fraction of sp³-hybridized carbons (Fsp3) is 0.500. The zero-order chi connectivity index (χ0) is 24.7. The first kappa shape index (κ1) is 23.5. The Kier molecular flexibility index (Phi) is 5.09. The number of aryl methyl sites for hydroxylation is 1. The van der Waals surface area contributed by atoms with Gasteiger partial charge in [-0.05, 0) is 37.6 Å². The molecular weight excluding hydrogens is 452 g/mol. The Morgan fingerprint density at radius 3 is 2.35 bits per heavy atom. The molecule has 3 aliphatic rings. The highest BCUT2D eigenvalue weighted by atomic mass is 32.2. The molecule has 7 nitrogen and oxygen atoms in total. The van der Waals surface area contributed by atoms with Gasteiger partial charge in [0.25, 0.3) is 0 Å². The lowest BCUT2D eigenvalue weighted by molar-refractivity contribution is -0.274. The van der Waals surface area contributed by atoms with Gasteiger partial charge in [0.2, 0.25) is 10.0 Å². The van der Waals surface area contributed by atoms with E-state index < -0.39 is 38.8 Å². The van der Waals surface area contributed by atoms with Crippen LogP contribution in [0, 0.1) is 12.3 Å². The molecule has 8 heteroatoms. The molecular formula is C26H32N2O5S. The van der Waals surface area contributed by atoms with Crippen LogP contribution in [-0.4, -0.2) is 60.7 Å². The van der Waals surface area contributed by atoms with Crippen LogP contribution in [0.1, 0.15) is 44.7 Å². The highest BCUT2D eigenvalue weighted by Crippen LogP contribution is 2.62. The molecule has 0 bridgehead atoms. The van der Waals surface area contributed by atoms with E-state index in [1.54, 1.807) is 24.3 Å². The van der Waals surface area contributed by atoms with E-state index in [1.807, 2.05) is 52.0 Å². The maximum atomic E-state index is 13.7. The van der Waals surface area contributed by atoms with Crippen LogP contribution in [0.3, 0.4) is 0 Å². The number of hydrogen-bond donors (Lipinski definition) is 1. The minimum absolute atomic E-state index is 0.150. The molecule has 2 aromatic rings. The third-order valence-electron chi connectivity index (χ3n) is 7.80. The maximum Gasteiger partial charge on any atom is 0.243 e. The van der Waals surface area contributed by atoms with Gasteiger partial charge in [-0.2, -0.15) is 4.31 Å². The number of hydrogen-bond acceptors (Lipinski definition) is 6. The number of ketones is 1. The average Bonchev–Trinajstić information content (AvgIpc) is 3.17. The summed E-state index contributed by atoms with van der Waals surface area (Å²) in [4.78, 5) is 15.7. The number of fused-ring (bicyclic) bond motifs is 3. The van der Waals surface area contributed by atoms with E-state index in [-0.39, 0.29) is 23.8 Å². The van der Waals surface area contributed by atoms with Crippen LogP contribution >= 0.6 is 0 Å². The van der Waals surface area contributed by atoms with Gasteiger partial charge in [-0.25, -0.2) is 8.42 Å². The quantitative estimate of drug-likeness (QED) is 0.721. The predicted molar refractivity (Wildman–Crippen MR) is 129 cm³/mol. The first-order valence-corrected chi connectivity index (χ1v) is 13.1. The number of benzene rings is 2. The number of Topliss-reactive ketones (excluding diaryl/α,β-unsaturated/α-hetero) is 1. The summed E-state index contributed by atoms with van der Waals surface area (Å²) in [6, 6.07) is 14.0. The minimum atomic E-state index is -3.89. The smallest absolute Gasteiger partial charge is 0.243 e. The van der Waals surface area contributed by atoms with E-state index in [2.05, 4.69) is 4.90 Å². The van der Waals surface area contributed by atoms with E-state index in [1.165, 1.54) is 11.2 Å². The fourth-order valence-corrected chi connectivity index (χ4v) is 7.34. The zero-order valence-corrected chi connectivity index (χ0v) is 21.1. The number of para-hydroxylation sites is 1. The van der Waals surface area contributed by atoms with Crippen molar-refractivity contribution in [1.82, 2.24) is 4.31 Å². The topological polar surface area (TPSA) is 87.2 Å². The summed E-state index contributed by atoms with van der Waals surface area (Å²) in [6.45, 7) is 9.45. The molecule has 4 atom stereocenters. The molecule has 2 fully saturated rings. The number of carbonyl (C=O) groups excluding carboxylic acids is 1. The molecule has 0 radical (unpaired) electrons. The lowest BCUT2D eigenvalue weighted by Gasteiger charge is -2.42. The van der Waals surface area contributed by atoms with Gasteiger partial charge in [0, 0.05) is 24.2 Å². The Bertz CT molecular complexity index is 1250. The van der Waals surface area contributed by atoms with Crippen LogP contribution in [0.4, 0.5) is 5.69 Å². The van der Waals surface area contributed by atoms with Crippen LogP contribution in [0.25, 0.3) is 0 Å². The molecule has 0 unspecified atom stereocenters. The molecule has 182 valence electrons. The fourth-order valence-electron chi connectivity index (χ4n) is 5.88. The summed E-state index contributed by atoms with van der Waals surface area (Å²) in [5.41, 5.74) is 0.576. The predicted octanol–water partition coefficient (Wildman–Crippen LogP) is 3.06. The number of anilines is 1. The third-order valence-corrected chi connectivity index (χ3v) is 9.66. The van der Waals surface area contributed by atoms with Gasteiger partial charge >= 0.3 is 0 Å². The van der Waals surface area contributed by atoms with E-state index in [9.17, 15) is 18.3 Å². The van der Waals surface area contributed by atoms with Gasteiger partial charge in [0.05, 0.1) is 23.4 Å². The van der Waals surface area contributed by atoms with Crippen molar-refractivity contribution in [3.05, 3.63) is 59.7 Å². The Labute approximate surface area is 201 Å². The normalized spacial score (nSPS) is 31.2. The second kappa shape index (κ2) is 7.37. The van der Waals surface area contributed by atoms with Gasteiger partial charge in [-0.1, -0.05) is 56.7 Å². The molecule has 0 aliphatic carbocycles. The standard InChI is InChI=1S/C26H32N2O5S/c1-17-10-12-19(13-11-17)34(31,32)27-14-15-28-21-9-7-6-8-20(21)22-23(28)25(16-27,18(2)29)33-26(22,30)24(3,4)5/h6-13,22-23,30H,14-16H2,1-5H3/t22-,23+,25-,26-/m0/s1. The minimum Gasteiger partial charge on any atom is -0.364 e. The third kappa shape index (κ3) is 3.05. The molecule has 2 aromatic carbocycles. The molecule has 34 heavy (non-hydrogen) atoms. The van der Waals surface area contributed by atoms with E-state index in [0.717, 1.165) is 16.8 Å². The van der Waals surface area contributed by atoms with Gasteiger partial charge in [-0.15, -0.1) is 0 Å².